The minimum atomic E-state index is -0.358. The highest BCUT2D eigenvalue weighted by atomic mass is 32.2. The molecule has 2 heterocycles. The molecule has 2 fully saturated rings. The van der Waals surface area contributed by atoms with Crippen LogP contribution < -0.4 is 10.6 Å². The van der Waals surface area contributed by atoms with Crippen LogP contribution in [0.15, 0.2) is 41.4 Å². The quantitative estimate of drug-likeness (QED) is 0.637. The molecular formula is C24H28N4O2S. The third-order valence-electron chi connectivity index (χ3n) is 5.93. The van der Waals surface area contributed by atoms with Crippen LogP contribution in [0.25, 0.3) is 6.08 Å². The van der Waals surface area contributed by atoms with Gasteiger partial charge in [0.1, 0.15) is 5.82 Å². The van der Waals surface area contributed by atoms with E-state index >= 15 is 0 Å². The topological polar surface area (TPSA) is 84.0 Å². The zero-order chi connectivity index (χ0) is 21.6. The molecule has 0 unspecified atom stereocenters. The molecule has 2 aromatic rings. The second kappa shape index (κ2) is 10.2. The van der Waals surface area contributed by atoms with Crippen LogP contribution in [0.5, 0.6) is 0 Å². The van der Waals surface area contributed by atoms with Gasteiger partial charge in [-0.3, -0.25) is 14.9 Å². The third-order valence-corrected chi connectivity index (χ3v) is 6.74. The van der Waals surface area contributed by atoms with Crippen LogP contribution in [0.1, 0.15) is 48.3 Å². The van der Waals surface area contributed by atoms with E-state index in [2.05, 4.69) is 51.8 Å². The number of aryl methyl sites for hydroxylation is 1. The number of amides is 2. The Balaban J connectivity index is 1.23. The van der Waals surface area contributed by atoms with Crippen LogP contribution in [-0.4, -0.2) is 33.7 Å². The van der Waals surface area contributed by atoms with Gasteiger partial charge in [-0.25, -0.2) is 9.97 Å². The number of benzene rings is 1. The average Bonchev–Trinajstić information content (AvgIpc) is 3.07. The molecule has 6 nitrogen and oxygen atoms in total. The molecule has 1 aromatic carbocycles. The Bertz CT molecular complexity index is 966. The van der Waals surface area contributed by atoms with Crippen LogP contribution in [0.4, 0.5) is 4.79 Å². The highest BCUT2D eigenvalue weighted by Crippen LogP contribution is 2.27. The minimum absolute atomic E-state index is 0.338. The maximum absolute atomic E-state index is 11.7. The number of carbonyl (C=O) groups is 2. The van der Waals surface area contributed by atoms with E-state index in [0.717, 1.165) is 37.0 Å². The number of rotatable bonds is 7. The Morgan fingerprint density at radius 1 is 1.13 bits per heavy atom. The van der Waals surface area contributed by atoms with Crippen LogP contribution in [0, 0.1) is 12.8 Å². The van der Waals surface area contributed by atoms with Gasteiger partial charge in [0.2, 0.25) is 0 Å². The van der Waals surface area contributed by atoms with E-state index in [1.165, 1.54) is 36.8 Å². The lowest BCUT2D eigenvalue weighted by molar-refractivity contribution is -0.115. The van der Waals surface area contributed by atoms with E-state index in [-0.39, 0.29) is 11.1 Å². The molecule has 31 heavy (non-hydrogen) atoms. The molecule has 7 heteroatoms. The van der Waals surface area contributed by atoms with Crippen molar-refractivity contribution in [3.05, 3.63) is 64.1 Å². The first-order chi connectivity index (χ1) is 15.0. The monoisotopic (exact) mass is 436 g/mol. The molecule has 0 spiro atoms. The fourth-order valence-corrected chi connectivity index (χ4v) is 4.82. The number of carbonyl (C=O) groups excluding carboxylic acids is 2. The predicted molar refractivity (Wildman–Crippen MR) is 123 cm³/mol. The Labute approximate surface area is 187 Å². The van der Waals surface area contributed by atoms with Gasteiger partial charge < -0.3 is 5.32 Å². The van der Waals surface area contributed by atoms with E-state index in [1.54, 1.807) is 18.3 Å². The standard InChI is InChI=1S/C24H28N4O2S/c1-16-2-4-17(5-3-16)10-12-25-19-8-6-18(7-9-19)14-22-26-13-11-20(27-22)15-21-23(29)28-24(30)31-21/h2-5,11,13,15,18-19,25H,6-10,12,14H2,1H3,(H,28,29,30)/b21-15-. The summed E-state index contributed by atoms with van der Waals surface area (Å²) >= 11 is 0.910. The Hall–Kier alpha value is -2.51. The Kier molecular flexibility index (Phi) is 7.14. The van der Waals surface area contributed by atoms with Crippen molar-refractivity contribution >= 4 is 29.0 Å². The van der Waals surface area contributed by atoms with Gasteiger partial charge in [0.15, 0.2) is 0 Å². The van der Waals surface area contributed by atoms with Crippen molar-refractivity contribution in [2.45, 2.75) is 51.5 Å². The van der Waals surface area contributed by atoms with Crippen molar-refractivity contribution in [1.82, 2.24) is 20.6 Å². The van der Waals surface area contributed by atoms with Gasteiger partial charge in [-0.05, 0) is 81.0 Å². The summed E-state index contributed by atoms with van der Waals surface area (Å²) in [6.07, 6.45) is 10.0. The zero-order valence-corrected chi connectivity index (χ0v) is 18.6. The summed E-state index contributed by atoms with van der Waals surface area (Å²) in [5, 5.41) is 5.65. The third kappa shape index (κ3) is 6.24. The van der Waals surface area contributed by atoms with Gasteiger partial charge in [0, 0.05) is 18.7 Å². The fourth-order valence-electron chi connectivity index (χ4n) is 4.15. The molecule has 0 bridgehead atoms. The molecule has 2 N–H and O–H groups in total. The predicted octanol–water partition coefficient (Wildman–Crippen LogP) is 4.04. The minimum Gasteiger partial charge on any atom is -0.314 e. The number of nitrogens with zero attached hydrogens (tertiary/aromatic N) is 2. The summed E-state index contributed by atoms with van der Waals surface area (Å²) in [4.78, 5) is 32.4. The molecule has 0 atom stereocenters. The SMILES string of the molecule is Cc1ccc(CCNC2CCC(Cc3nccc(/C=C4\SC(=O)NC4=O)n3)CC2)cc1. The number of hydrogen-bond acceptors (Lipinski definition) is 6. The van der Waals surface area contributed by atoms with Gasteiger partial charge in [-0.1, -0.05) is 29.8 Å². The zero-order valence-electron chi connectivity index (χ0n) is 17.8. The van der Waals surface area contributed by atoms with Crippen LogP contribution in [-0.2, 0) is 17.6 Å². The first-order valence-corrected chi connectivity index (χ1v) is 11.7. The molecule has 1 saturated heterocycles. The number of thioether (sulfide) groups is 1. The molecule has 1 aromatic heterocycles. The summed E-state index contributed by atoms with van der Waals surface area (Å²) in [6.45, 7) is 3.14. The smallest absolute Gasteiger partial charge is 0.290 e. The van der Waals surface area contributed by atoms with Crippen LogP contribution >= 0.6 is 11.8 Å². The maximum atomic E-state index is 11.7. The van der Waals surface area contributed by atoms with E-state index in [1.807, 2.05) is 0 Å². The van der Waals surface area contributed by atoms with E-state index in [9.17, 15) is 9.59 Å². The largest absolute Gasteiger partial charge is 0.314 e. The molecule has 1 aliphatic heterocycles. The number of nitrogens with one attached hydrogen (secondary N) is 2. The van der Waals surface area contributed by atoms with Gasteiger partial charge in [0.05, 0.1) is 10.6 Å². The van der Waals surface area contributed by atoms with Crippen molar-refractivity contribution < 1.29 is 9.59 Å². The van der Waals surface area contributed by atoms with Crippen molar-refractivity contribution in [1.29, 1.82) is 0 Å². The van der Waals surface area contributed by atoms with Crippen molar-refractivity contribution in [3.8, 4) is 0 Å². The number of hydrogen-bond donors (Lipinski definition) is 2. The fraction of sp³-hybridized carbons (Fsp3) is 0.417. The number of imide groups is 1. The molecule has 1 aliphatic carbocycles. The van der Waals surface area contributed by atoms with Crippen LogP contribution in [0.3, 0.4) is 0 Å². The average molecular weight is 437 g/mol. The lowest BCUT2D eigenvalue weighted by Crippen LogP contribution is -2.35. The second-order valence-corrected chi connectivity index (χ2v) is 9.38. The highest BCUT2D eigenvalue weighted by molar-refractivity contribution is 8.18. The molecular weight excluding hydrogens is 408 g/mol. The van der Waals surface area contributed by atoms with Crippen LogP contribution in [0.2, 0.25) is 0 Å². The summed E-state index contributed by atoms with van der Waals surface area (Å²) in [5.74, 6) is 1.03. The highest BCUT2D eigenvalue weighted by Gasteiger charge is 2.25. The molecule has 4 rings (SSSR count). The van der Waals surface area contributed by atoms with Crippen molar-refractivity contribution in [2.24, 2.45) is 5.92 Å². The lowest BCUT2D eigenvalue weighted by atomic mass is 9.84. The molecule has 0 radical (unpaired) electrons. The van der Waals surface area contributed by atoms with Crippen molar-refractivity contribution in [3.63, 3.8) is 0 Å². The van der Waals surface area contributed by atoms with Gasteiger partial charge in [-0.15, -0.1) is 0 Å². The normalized spacial score (nSPS) is 22.7. The van der Waals surface area contributed by atoms with Gasteiger partial charge in [0.25, 0.3) is 11.1 Å². The second-order valence-electron chi connectivity index (χ2n) is 8.36. The Morgan fingerprint density at radius 3 is 2.61 bits per heavy atom. The number of aromatic nitrogens is 2. The van der Waals surface area contributed by atoms with Gasteiger partial charge >= 0.3 is 0 Å². The van der Waals surface area contributed by atoms with E-state index < -0.39 is 0 Å². The van der Waals surface area contributed by atoms with Crippen molar-refractivity contribution in [2.75, 3.05) is 6.54 Å². The Morgan fingerprint density at radius 2 is 1.90 bits per heavy atom. The first-order valence-electron chi connectivity index (χ1n) is 10.9. The first kappa shape index (κ1) is 21.7. The lowest BCUT2D eigenvalue weighted by Gasteiger charge is -2.29. The molecule has 2 aliphatic rings. The summed E-state index contributed by atoms with van der Waals surface area (Å²) in [6, 6.07) is 11.1. The molecule has 2 amide bonds. The molecule has 162 valence electrons. The summed E-state index contributed by atoms with van der Waals surface area (Å²) in [5.41, 5.74) is 3.36. The van der Waals surface area contributed by atoms with Gasteiger partial charge in [-0.2, -0.15) is 0 Å². The molecule has 1 saturated carbocycles. The van der Waals surface area contributed by atoms with E-state index in [0.29, 0.717) is 22.6 Å². The summed E-state index contributed by atoms with van der Waals surface area (Å²) in [7, 11) is 0. The van der Waals surface area contributed by atoms with E-state index in [4.69, 9.17) is 0 Å². The summed E-state index contributed by atoms with van der Waals surface area (Å²) < 4.78 is 0. The maximum Gasteiger partial charge on any atom is 0.290 e.